The van der Waals surface area contributed by atoms with Gasteiger partial charge in [-0.3, -0.25) is 14.2 Å². The molecule has 0 bridgehead atoms. The largest absolute Gasteiger partial charge is 1.00 e. The summed E-state index contributed by atoms with van der Waals surface area (Å²) in [6.07, 6.45) is 6.58. The Morgan fingerprint density at radius 2 is 1.30 bits per heavy atom. The summed E-state index contributed by atoms with van der Waals surface area (Å²) in [7, 11) is -8.14. The minimum atomic E-state index is -5.01. The SMILES string of the molecule is CCCCC(CC)COC(=O)CC(C(=O)OCC(CC)CCCC)S(=O)(=O)[O-].O=[PH](O)O.[Na+]. The number of rotatable bonds is 16. The monoisotopic (exact) mass is 526 g/mol. The van der Waals surface area contributed by atoms with Crippen molar-refractivity contribution in [2.24, 2.45) is 11.8 Å². The van der Waals surface area contributed by atoms with Crippen molar-refractivity contribution in [3.63, 3.8) is 0 Å². The molecule has 2 N–H and O–H groups in total. The topological polar surface area (TPSA) is 167 Å². The summed E-state index contributed by atoms with van der Waals surface area (Å²) in [5.41, 5.74) is 0. The molecule has 0 amide bonds. The molecule has 33 heavy (non-hydrogen) atoms. The molecule has 0 aromatic rings. The molecule has 0 rings (SSSR count). The Bertz CT molecular complexity index is 641. The molecule has 3 unspecified atom stereocenters. The summed E-state index contributed by atoms with van der Waals surface area (Å²) < 4.78 is 53.3. The molecule has 13 heteroatoms. The molecule has 0 spiro atoms. The van der Waals surface area contributed by atoms with Crippen LogP contribution in [0.1, 0.15) is 85.5 Å². The minimum Gasteiger partial charge on any atom is -0.747 e. The number of esters is 2. The average molecular weight is 527 g/mol. The average Bonchev–Trinajstić information content (AvgIpc) is 2.70. The number of ether oxygens (including phenoxy) is 2. The number of hydrogen-bond acceptors (Lipinski definition) is 8. The van der Waals surface area contributed by atoms with Gasteiger partial charge in [0.2, 0.25) is 0 Å². The maximum absolute atomic E-state index is 12.1. The maximum atomic E-state index is 12.1. The molecule has 0 saturated heterocycles. The molecule has 0 aliphatic rings. The molecule has 0 aliphatic heterocycles. The molecule has 0 aromatic carbocycles. The van der Waals surface area contributed by atoms with Crippen LogP contribution in [0, 0.1) is 11.8 Å². The van der Waals surface area contributed by atoms with E-state index in [1.807, 2.05) is 13.8 Å². The van der Waals surface area contributed by atoms with E-state index < -0.39 is 42.0 Å². The maximum Gasteiger partial charge on any atom is 1.00 e. The minimum absolute atomic E-state index is 0. The molecule has 0 radical (unpaired) electrons. The van der Waals surface area contributed by atoms with E-state index in [-0.39, 0.29) is 54.6 Å². The van der Waals surface area contributed by atoms with Crippen LogP contribution in [0.15, 0.2) is 0 Å². The molecule has 0 saturated carbocycles. The second kappa shape index (κ2) is 22.5. The second-order valence-corrected chi connectivity index (χ2v) is 9.73. The van der Waals surface area contributed by atoms with Crippen LogP contribution in [0.3, 0.4) is 0 Å². The fourth-order valence-electron chi connectivity index (χ4n) is 2.81. The van der Waals surface area contributed by atoms with Gasteiger partial charge in [0, 0.05) is 0 Å². The molecular formula is C20H40NaO10PS. The Morgan fingerprint density at radius 3 is 1.64 bits per heavy atom. The zero-order chi connectivity index (χ0) is 25.2. The van der Waals surface area contributed by atoms with Crippen LogP contribution in [0.4, 0.5) is 0 Å². The fraction of sp³-hybridized carbons (Fsp3) is 0.900. The van der Waals surface area contributed by atoms with Crippen molar-refractivity contribution in [3.05, 3.63) is 0 Å². The second-order valence-electron chi connectivity index (χ2n) is 7.61. The van der Waals surface area contributed by atoms with E-state index in [1.54, 1.807) is 0 Å². The van der Waals surface area contributed by atoms with Crippen LogP contribution in [0.2, 0.25) is 0 Å². The van der Waals surface area contributed by atoms with Gasteiger partial charge >= 0.3 is 49.8 Å². The molecule has 0 heterocycles. The number of hydrogen-bond donors (Lipinski definition) is 2. The molecule has 3 atom stereocenters. The smallest absolute Gasteiger partial charge is 0.747 e. The van der Waals surface area contributed by atoms with E-state index >= 15 is 0 Å². The first-order valence-electron chi connectivity index (χ1n) is 11.1. The molecular weight excluding hydrogens is 486 g/mol. The van der Waals surface area contributed by atoms with Gasteiger partial charge in [0.1, 0.15) is 10.1 Å². The van der Waals surface area contributed by atoms with Crippen LogP contribution >= 0.6 is 8.25 Å². The number of unbranched alkanes of at least 4 members (excludes halogenated alkanes) is 2. The van der Waals surface area contributed by atoms with Gasteiger partial charge in [-0.25, -0.2) is 8.42 Å². The Balaban J connectivity index is -0.00000165. The molecule has 10 nitrogen and oxygen atoms in total. The van der Waals surface area contributed by atoms with Gasteiger partial charge in [0.15, 0.2) is 5.25 Å². The summed E-state index contributed by atoms with van der Waals surface area (Å²) in [6, 6.07) is 0. The van der Waals surface area contributed by atoms with Crippen LogP contribution in [0.25, 0.3) is 0 Å². The van der Waals surface area contributed by atoms with Crippen LogP contribution in [-0.2, 0) is 33.7 Å². The van der Waals surface area contributed by atoms with E-state index in [0.29, 0.717) is 0 Å². The summed E-state index contributed by atoms with van der Waals surface area (Å²) >= 11 is 0. The van der Waals surface area contributed by atoms with Crippen molar-refractivity contribution >= 4 is 30.3 Å². The van der Waals surface area contributed by atoms with Gasteiger partial charge < -0.3 is 23.8 Å². The van der Waals surface area contributed by atoms with Crippen molar-refractivity contribution in [2.75, 3.05) is 13.2 Å². The Morgan fingerprint density at radius 1 is 0.909 bits per heavy atom. The fourth-order valence-corrected chi connectivity index (χ4v) is 3.46. The van der Waals surface area contributed by atoms with Crippen molar-refractivity contribution < 1.29 is 75.9 Å². The van der Waals surface area contributed by atoms with Crippen molar-refractivity contribution in [2.45, 2.75) is 90.7 Å². The predicted octanol–water partition coefficient (Wildman–Crippen LogP) is 0.174. The van der Waals surface area contributed by atoms with Gasteiger partial charge in [-0.2, -0.15) is 0 Å². The third-order valence-electron chi connectivity index (χ3n) is 4.99. The summed E-state index contributed by atoms with van der Waals surface area (Å²) in [4.78, 5) is 38.5. The quantitative estimate of drug-likeness (QED) is 0.122. The molecule has 0 aliphatic carbocycles. The Kier molecular flexibility index (Phi) is 25.6. The molecule has 0 aromatic heterocycles. The van der Waals surface area contributed by atoms with Crippen molar-refractivity contribution in [3.8, 4) is 0 Å². The molecule has 192 valence electrons. The number of carbonyl (C=O) groups excluding carboxylic acids is 2. The first-order chi connectivity index (χ1) is 14.9. The van der Waals surface area contributed by atoms with E-state index in [1.165, 1.54) is 0 Å². The summed E-state index contributed by atoms with van der Waals surface area (Å²) in [6.45, 7) is 8.26. The van der Waals surface area contributed by atoms with Gasteiger partial charge in [-0.05, 0) is 24.7 Å². The normalized spacial score (nSPS) is 13.7. The standard InChI is InChI=1S/C20H38O7S.Na.H3O3P/c1-5-9-11-16(7-3)14-26-19(21)13-18(28(23,24)25)20(22)27-15-17(8-4)12-10-6-2;;1-4(2)3/h16-18H,5-15H2,1-4H3,(H,23,24,25);;4H,(H2,1,2,3)/q;+1;/p-1. The van der Waals surface area contributed by atoms with E-state index in [2.05, 4.69) is 13.8 Å². The third-order valence-corrected chi connectivity index (χ3v) is 6.05. The summed E-state index contributed by atoms with van der Waals surface area (Å²) in [5.74, 6) is -1.74. The van der Waals surface area contributed by atoms with Crippen LogP contribution < -0.4 is 29.6 Å². The van der Waals surface area contributed by atoms with Gasteiger partial charge in [-0.1, -0.05) is 66.2 Å². The van der Waals surface area contributed by atoms with Gasteiger partial charge in [0.05, 0.1) is 19.6 Å². The first kappa shape index (κ1) is 37.5. The van der Waals surface area contributed by atoms with E-state index in [9.17, 15) is 22.6 Å². The Labute approximate surface area is 221 Å². The zero-order valence-corrected chi connectivity index (χ0v) is 24.4. The van der Waals surface area contributed by atoms with Crippen molar-refractivity contribution in [1.29, 1.82) is 0 Å². The number of carbonyl (C=O) groups is 2. The van der Waals surface area contributed by atoms with E-state index in [0.717, 1.165) is 51.4 Å². The third kappa shape index (κ3) is 22.2. The Hall–Kier alpha value is -0.000000000000000222. The van der Waals surface area contributed by atoms with Crippen molar-refractivity contribution in [1.82, 2.24) is 0 Å². The molecule has 0 fully saturated rings. The zero-order valence-electron chi connectivity index (χ0n) is 20.6. The van der Waals surface area contributed by atoms with Gasteiger partial charge in [-0.15, -0.1) is 0 Å². The van der Waals surface area contributed by atoms with Crippen LogP contribution in [-0.4, -0.2) is 53.2 Å². The van der Waals surface area contributed by atoms with E-state index in [4.69, 9.17) is 23.8 Å². The predicted molar refractivity (Wildman–Crippen MR) is 120 cm³/mol. The van der Waals surface area contributed by atoms with Gasteiger partial charge in [0.25, 0.3) is 0 Å². The summed E-state index contributed by atoms with van der Waals surface area (Å²) in [5, 5.41) is -2.06. The first-order valence-corrected chi connectivity index (χ1v) is 13.9. The van der Waals surface area contributed by atoms with Crippen LogP contribution in [0.5, 0.6) is 0 Å².